The van der Waals surface area contributed by atoms with E-state index in [-0.39, 0.29) is 26.4 Å². The van der Waals surface area contributed by atoms with Crippen LogP contribution in [-0.2, 0) is 28.5 Å². The van der Waals surface area contributed by atoms with Crippen LogP contribution in [0.4, 0.5) is 0 Å². The lowest BCUT2D eigenvalue weighted by atomic mass is 10.0. The van der Waals surface area contributed by atoms with Crippen LogP contribution >= 0.6 is 0 Å². The molecular weight excluding hydrogens is 568 g/mol. The fourth-order valence-electron chi connectivity index (χ4n) is 3.88. The first-order valence-corrected chi connectivity index (χ1v) is 14.5. The van der Waals surface area contributed by atoms with Gasteiger partial charge < -0.3 is 29.2 Å². The maximum Gasteiger partial charge on any atom is 0.338 e. The van der Waals surface area contributed by atoms with Crippen molar-refractivity contribution in [2.45, 2.75) is 64.6 Å². The summed E-state index contributed by atoms with van der Waals surface area (Å²) in [5, 5.41) is 19.7. The number of aliphatic hydroxyl groups is 2. The van der Waals surface area contributed by atoms with Crippen LogP contribution in [0.25, 0.3) is 11.1 Å². The fraction of sp³-hybridized carbons (Fsp3) is 0.412. The summed E-state index contributed by atoms with van der Waals surface area (Å²) < 4.78 is 20.7. The highest BCUT2D eigenvalue weighted by Gasteiger charge is 2.16. The minimum absolute atomic E-state index is 0.147. The summed E-state index contributed by atoms with van der Waals surface area (Å²) in [6, 6.07) is 13.5. The zero-order valence-electron chi connectivity index (χ0n) is 25.4. The van der Waals surface area contributed by atoms with Gasteiger partial charge in [-0.1, -0.05) is 37.4 Å². The van der Waals surface area contributed by atoms with Gasteiger partial charge in [-0.2, -0.15) is 0 Å². The Bertz CT molecular complexity index is 1260. The first kappa shape index (κ1) is 35.9. The smallest absolute Gasteiger partial charge is 0.338 e. The molecule has 2 aromatic carbocycles. The van der Waals surface area contributed by atoms with E-state index in [1.807, 2.05) is 0 Å². The van der Waals surface area contributed by atoms with Gasteiger partial charge in [-0.3, -0.25) is 0 Å². The highest BCUT2D eigenvalue weighted by atomic mass is 16.6. The molecule has 0 aliphatic carbocycles. The lowest BCUT2D eigenvalue weighted by Gasteiger charge is -2.15. The Kier molecular flexibility index (Phi) is 15.6. The van der Waals surface area contributed by atoms with Gasteiger partial charge in [0.2, 0.25) is 0 Å². The van der Waals surface area contributed by atoms with E-state index in [0.717, 1.165) is 11.1 Å². The molecule has 0 aliphatic heterocycles. The molecule has 2 aromatic rings. The van der Waals surface area contributed by atoms with E-state index in [2.05, 4.69) is 13.2 Å². The summed E-state index contributed by atoms with van der Waals surface area (Å²) in [4.78, 5) is 47.7. The summed E-state index contributed by atoms with van der Waals surface area (Å²) >= 11 is 0. The average molecular weight is 611 g/mol. The van der Waals surface area contributed by atoms with E-state index >= 15 is 0 Å². The van der Waals surface area contributed by atoms with E-state index in [1.54, 1.807) is 62.4 Å². The van der Waals surface area contributed by atoms with Crippen molar-refractivity contribution in [3.63, 3.8) is 0 Å². The number of hydrogen-bond donors (Lipinski definition) is 2. The SMILES string of the molecule is C=C(C)C(=O)OCCCCC(O)COC(=O)c1ccc(-c2ccc(C(=O)OC(CO)CCCCOC(=O)C(=C)C)cc2)cc1. The zero-order valence-corrected chi connectivity index (χ0v) is 25.4. The molecule has 0 saturated heterocycles. The van der Waals surface area contributed by atoms with Gasteiger partial charge in [0.05, 0.1) is 37.1 Å². The number of benzene rings is 2. The van der Waals surface area contributed by atoms with E-state index in [0.29, 0.717) is 60.8 Å². The molecule has 0 bridgehead atoms. The molecule has 0 radical (unpaired) electrons. The Hall–Kier alpha value is -4.28. The first-order chi connectivity index (χ1) is 21.0. The molecule has 2 unspecified atom stereocenters. The maximum atomic E-state index is 12.6. The van der Waals surface area contributed by atoms with Crippen molar-refractivity contribution in [1.82, 2.24) is 0 Å². The summed E-state index contributed by atoms with van der Waals surface area (Å²) in [7, 11) is 0. The van der Waals surface area contributed by atoms with E-state index in [1.165, 1.54) is 0 Å². The summed E-state index contributed by atoms with van der Waals surface area (Å²) in [6.07, 6.45) is 1.67. The highest BCUT2D eigenvalue weighted by molar-refractivity contribution is 5.91. The van der Waals surface area contributed by atoms with Crippen LogP contribution in [-0.4, -0.2) is 72.7 Å². The molecule has 2 N–H and O–H groups in total. The predicted molar refractivity (Wildman–Crippen MR) is 164 cm³/mol. The number of aliphatic hydroxyl groups excluding tert-OH is 2. The summed E-state index contributed by atoms with van der Waals surface area (Å²) in [6.45, 7) is 10.2. The molecule has 0 fully saturated rings. The molecule has 0 aliphatic rings. The Morgan fingerprint density at radius 1 is 0.682 bits per heavy atom. The third-order valence-corrected chi connectivity index (χ3v) is 6.47. The van der Waals surface area contributed by atoms with Crippen LogP contribution in [0.15, 0.2) is 72.8 Å². The largest absolute Gasteiger partial charge is 0.462 e. The Balaban J connectivity index is 1.76. The van der Waals surface area contributed by atoms with E-state index in [4.69, 9.17) is 18.9 Å². The number of hydrogen-bond acceptors (Lipinski definition) is 10. The van der Waals surface area contributed by atoms with Gasteiger partial charge in [-0.25, -0.2) is 19.2 Å². The van der Waals surface area contributed by atoms with Crippen LogP contribution < -0.4 is 0 Å². The molecule has 0 spiro atoms. The Labute approximate surface area is 258 Å². The van der Waals surface area contributed by atoms with Crippen LogP contribution in [0.1, 0.15) is 73.1 Å². The average Bonchev–Trinajstić information content (AvgIpc) is 3.02. The third kappa shape index (κ3) is 12.9. The van der Waals surface area contributed by atoms with Crippen molar-refractivity contribution >= 4 is 23.9 Å². The number of unbranched alkanes of at least 4 members (excludes halogenated alkanes) is 2. The standard InChI is InChI=1S/C34H42O10/c1-23(2)31(37)41-19-7-5-9-29(36)22-43-33(39)27-15-11-25(12-16-27)26-13-17-28(18-14-26)34(40)44-30(21-35)10-6-8-20-42-32(38)24(3)4/h11-18,29-30,35-36H,1,3,5-10,19-22H2,2,4H3. The highest BCUT2D eigenvalue weighted by Crippen LogP contribution is 2.22. The monoisotopic (exact) mass is 610 g/mol. The van der Waals surface area contributed by atoms with Gasteiger partial charge in [0.1, 0.15) is 12.7 Å². The first-order valence-electron chi connectivity index (χ1n) is 14.5. The number of ether oxygens (including phenoxy) is 4. The van der Waals surface area contributed by atoms with Crippen molar-refractivity contribution < 1.29 is 48.3 Å². The van der Waals surface area contributed by atoms with Crippen LogP contribution in [0.3, 0.4) is 0 Å². The van der Waals surface area contributed by atoms with Gasteiger partial charge in [0.15, 0.2) is 0 Å². The summed E-state index contributed by atoms with van der Waals surface area (Å²) in [5.41, 5.74) is 2.95. The van der Waals surface area contributed by atoms with Crippen LogP contribution in [0.2, 0.25) is 0 Å². The Morgan fingerprint density at radius 2 is 1.14 bits per heavy atom. The second-order valence-electron chi connectivity index (χ2n) is 10.4. The van der Waals surface area contributed by atoms with Crippen LogP contribution in [0.5, 0.6) is 0 Å². The van der Waals surface area contributed by atoms with Gasteiger partial charge >= 0.3 is 23.9 Å². The molecule has 238 valence electrons. The van der Waals surface area contributed by atoms with Crippen molar-refractivity contribution in [3.05, 3.63) is 84.0 Å². The molecule has 2 atom stereocenters. The molecule has 0 amide bonds. The van der Waals surface area contributed by atoms with Gasteiger partial charge in [0, 0.05) is 11.1 Å². The maximum absolute atomic E-state index is 12.6. The zero-order chi connectivity index (χ0) is 32.5. The summed E-state index contributed by atoms with van der Waals surface area (Å²) in [5.74, 6) is -2.01. The molecule has 0 saturated carbocycles. The minimum atomic E-state index is -0.828. The van der Waals surface area contributed by atoms with Crippen molar-refractivity contribution in [2.75, 3.05) is 26.4 Å². The molecule has 0 heterocycles. The van der Waals surface area contributed by atoms with Gasteiger partial charge in [-0.05, 0) is 87.8 Å². The third-order valence-electron chi connectivity index (χ3n) is 6.47. The van der Waals surface area contributed by atoms with E-state index in [9.17, 15) is 29.4 Å². The van der Waals surface area contributed by atoms with Crippen molar-refractivity contribution in [2.24, 2.45) is 0 Å². The molecule has 10 nitrogen and oxygen atoms in total. The van der Waals surface area contributed by atoms with Crippen molar-refractivity contribution in [3.8, 4) is 11.1 Å². The molecule has 44 heavy (non-hydrogen) atoms. The van der Waals surface area contributed by atoms with Crippen molar-refractivity contribution in [1.29, 1.82) is 0 Å². The molecule has 2 rings (SSSR count). The van der Waals surface area contributed by atoms with Gasteiger partial charge in [-0.15, -0.1) is 0 Å². The fourth-order valence-corrected chi connectivity index (χ4v) is 3.88. The lowest BCUT2D eigenvalue weighted by Crippen LogP contribution is -2.22. The molecule has 10 heteroatoms. The molecule has 0 aromatic heterocycles. The Morgan fingerprint density at radius 3 is 1.59 bits per heavy atom. The number of rotatable bonds is 19. The second-order valence-corrected chi connectivity index (χ2v) is 10.4. The van der Waals surface area contributed by atoms with Gasteiger partial charge in [0.25, 0.3) is 0 Å². The normalized spacial score (nSPS) is 12.0. The minimum Gasteiger partial charge on any atom is -0.462 e. The second kappa shape index (κ2) is 19.1. The quantitative estimate of drug-likeness (QED) is 0.0968. The predicted octanol–water partition coefficient (Wildman–Crippen LogP) is 4.97. The molecular formula is C34H42O10. The number of carbonyl (C=O) groups is 4. The topological polar surface area (TPSA) is 146 Å². The lowest BCUT2D eigenvalue weighted by molar-refractivity contribution is -0.140. The number of carbonyl (C=O) groups excluding carboxylic acids is 4. The van der Waals surface area contributed by atoms with Crippen LogP contribution in [0, 0.1) is 0 Å². The van der Waals surface area contributed by atoms with E-state index < -0.39 is 36.1 Å². The number of esters is 4.